The topological polar surface area (TPSA) is 85.6 Å². The summed E-state index contributed by atoms with van der Waals surface area (Å²) in [6.07, 6.45) is 1.03. The molecule has 86 valence electrons. The molecule has 1 amide bonds. The first-order chi connectivity index (χ1) is 7.54. The van der Waals surface area contributed by atoms with Crippen LogP contribution in [0.15, 0.2) is 27.6 Å². The maximum Gasteiger partial charge on any atom is 0.335 e. The summed E-state index contributed by atoms with van der Waals surface area (Å²) in [5, 5.41) is 2.39. The molecule has 0 aliphatic carbocycles. The molecule has 1 heterocycles. The largest absolute Gasteiger partial charge is 0.467 e. The van der Waals surface area contributed by atoms with E-state index in [1.165, 1.54) is 20.1 Å². The highest BCUT2D eigenvalue weighted by Gasteiger charge is 2.16. The number of ether oxygens (including phenoxy) is 1. The maximum atomic E-state index is 11.5. The lowest BCUT2D eigenvalue weighted by Crippen LogP contribution is -2.39. The minimum atomic E-state index is -0.760. The third-order valence-electron chi connectivity index (χ3n) is 1.87. The average Bonchev–Trinajstić information content (AvgIpc) is 2.28. The van der Waals surface area contributed by atoms with Gasteiger partial charge < -0.3 is 14.5 Å². The summed E-state index contributed by atoms with van der Waals surface area (Å²) in [5.41, 5.74) is -0.382. The first kappa shape index (κ1) is 12.0. The van der Waals surface area contributed by atoms with E-state index < -0.39 is 23.5 Å². The zero-order valence-electron chi connectivity index (χ0n) is 8.85. The van der Waals surface area contributed by atoms with Crippen molar-refractivity contribution in [2.45, 2.75) is 13.0 Å². The van der Waals surface area contributed by atoms with Gasteiger partial charge in [0, 0.05) is 6.07 Å². The van der Waals surface area contributed by atoms with Crippen LogP contribution in [0.25, 0.3) is 0 Å². The van der Waals surface area contributed by atoms with Gasteiger partial charge in [-0.3, -0.25) is 4.79 Å². The first-order valence-electron chi connectivity index (χ1n) is 4.52. The summed E-state index contributed by atoms with van der Waals surface area (Å²) in [6.45, 7) is 1.49. The Hall–Kier alpha value is -2.11. The van der Waals surface area contributed by atoms with E-state index in [0.29, 0.717) is 0 Å². The number of amides is 1. The number of carbonyl (C=O) groups excluding carboxylic acids is 2. The maximum absolute atomic E-state index is 11.5. The number of nitrogens with one attached hydrogen (secondary N) is 1. The van der Waals surface area contributed by atoms with Gasteiger partial charge in [-0.25, -0.2) is 9.59 Å². The van der Waals surface area contributed by atoms with Crippen molar-refractivity contribution in [1.29, 1.82) is 0 Å². The number of esters is 1. The fourth-order valence-corrected chi connectivity index (χ4v) is 1.00. The van der Waals surface area contributed by atoms with Crippen molar-refractivity contribution in [3.8, 4) is 0 Å². The number of rotatable bonds is 3. The molecule has 0 bridgehead atoms. The van der Waals surface area contributed by atoms with Crippen LogP contribution in [0.5, 0.6) is 0 Å². The van der Waals surface area contributed by atoms with E-state index in [9.17, 15) is 14.4 Å². The quantitative estimate of drug-likeness (QED) is 0.728. The molecule has 0 aliphatic rings. The van der Waals surface area contributed by atoms with E-state index in [1.807, 2.05) is 0 Å². The normalized spacial score (nSPS) is 11.6. The number of hydrogen-bond acceptors (Lipinski definition) is 5. The first-order valence-corrected chi connectivity index (χ1v) is 4.52. The van der Waals surface area contributed by atoms with Crippen LogP contribution >= 0.6 is 0 Å². The van der Waals surface area contributed by atoms with Gasteiger partial charge in [0.05, 0.1) is 12.7 Å². The lowest BCUT2D eigenvalue weighted by atomic mass is 10.2. The second-order valence-corrected chi connectivity index (χ2v) is 3.06. The number of hydrogen-bond donors (Lipinski definition) is 1. The fourth-order valence-electron chi connectivity index (χ4n) is 1.00. The van der Waals surface area contributed by atoms with Crippen molar-refractivity contribution < 1.29 is 18.7 Å². The van der Waals surface area contributed by atoms with Crippen LogP contribution in [0.2, 0.25) is 0 Å². The summed E-state index contributed by atoms with van der Waals surface area (Å²) >= 11 is 0. The Bertz CT molecular complexity index is 430. The van der Waals surface area contributed by atoms with E-state index in [4.69, 9.17) is 0 Å². The molecule has 1 unspecified atom stereocenters. The van der Waals surface area contributed by atoms with Gasteiger partial charge in [0.25, 0.3) is 5.91 Å². The smallest absolute Gasteiger partial charge is 0.335 e. The monoisotopic (exact) mass is 225 g/mol. The van der Waals surface area contributed by atoms with Crippen LogP contribution < -0.4 is 10.9 Å². The third kappa shape index (κ3) is 2.94. The van der Waals surface area contributed by atoms with Gasteiger partial charge in [0.15, 0.2) is 0 Å². The van der Waals surface area contributed by atoms with Crippen molar-refractivity contribution in [3.05, 3.63) is 34.4 Å². The molecule has 6 nitrogen and oxygen atoms in total. The molecule has 0 saturated heterocycles. The van der Waals surface area contributed by atoms with Crippen molar-refractivity contribution in [2.24, 2.45) is 0 Å². The molecule has 1 aromatic heterocycles. The Morgan fingerprint density at radius 1 is 1.44 bits per heavy atom. The molecule has 1 rings (SSSR count). The fraction of sp³-hybridized carbons (Fsp3) is 0.300. The summed E-state index contributed by atoms with van der Waals surface area (Å²) in [4.78, 5) is 33.2. The van der Waals surface area contributed by atoms with E-state index in [2.05, 4.69) is 14.5 Å². The van der Waals surface area contributed by atoms with Gasteiger partial charge in [-0.2, -0.15) is 0 Å². The molecule has 16 heavy (non-hydrogen) atoms. The van der Waals surface area contributed by atoms with Crippen molar-refractivity contribution in [3.63, 3.8) is 0 Å². The van der Waals surface area contributed by atoms with Crippen molar-refractivity contribution >= 4 is 11.9 Å². The van der Waals surface area contributed by atoms with Gasteiger partial charge in [-0.15, -0.1) is 0 Å². The third-order valence-corrected chi connectivity index (χ3v) is 1.87. The van der Waals surface area contributed by atoms with Crippen LogP contribution in [-0.2, 0) is 9.53 Å². The highest BCUT2D eigenvalue weighted by Crippen LogP contribution is 1.96. The molecule has 6 heteroatoms. The Kier molecular flexibility index (Phi) is 3.82. The summed E-state index contributed by atoms with van der Waals surface area (Å²) in [6, 6.07) is 1.67. The minimum Gasteiger partial charge on any atom is -0.467 e. The molecule has 0 spiro atoms. The van der Waals surface area contributed by atoms with Gasteiger partial charge in [0.2, 0.25) is 0 Å². The number of carbonyl (C=O) groups is 2. The van der Waals surface area contributed by atoms with Crippen LogP contribution in [0.3, 0.4) is 0 Å². The molecule has 1 N–H and O–H groups in total. The van der Waals surface area contributed by atoms with Crippen LogP contribution in [0.4, 0.5) is 0 Å². The second kappa shape index (κ2) is 5.11. The van der Waals surface area contributed by atoms with Gasteiger partial charge in [-0.05, 0) is 13.0 Å². The zero-order chi connectivity index (χ0) is 12.1. The Morgan fingerprint density at radius 3 is 2.62 bits per heavy atom. The standard InChI is InChI=1S/C10H11NO5/c1-6(10(14)15-2)11-9(13)7-3-4-8(12)16-5-7/h3-6H,1-2H3,(H,11,13). The highest BCUT2D eigenvalue weighted by atomic mass is 16.5. The summed E-state index contributed by atoms with van der Waals surface area (Å²) in [7, 11) is 1.23. The molecule has 0 aliphatic heterocycles. The molecule has 0 fully saturated rings. The van der Waals surface area contributed by atoms with Crippen molar-refractivity contribution in [1.82, 2.24) is 5.32 Å². The van der Waals surface area contributed by atoms with Gasteiger partial charge in [0.1, 0.15) is 12.3 Å². The highest BCUT2D eigenvalue weighted by molar-refractivity contribution is 5.96. The second-order valence-electron chi connectivity index (χ2n) is 3.06. The van der Waals surface area contributed by atoms with Crippen LogP contribution in [0, 0.1) is 0 Å². The molecular weight excluding hydrogens is 214 g/mol. The van der Waals surface area contributed by atoms with Crippen LogP contribution in [-0.4, -0.2) is 25.0 Å². The summed E-state index contributed by atoms with van der Waals surface area (Å²) < 4.78 is 8.96. The Labute approximate surface area is 91.2 Å². The van der Waals surface area contributed by atoms with Gasteiger partial charge in [-0.1, -0.05) is 0 Å². The van der Waals surface area contributed by atoms with E-state index in [-0.39, 0.29) is 5.56 Å². The lowest BCUT2D eigenvalue weighted by molar-refractivity contribution is -0.142. The SMILES string of the molecule is COC(=O)C(C)NC(=O)c1ccc(=O)oc1. The predicted octanol–water partition coefficient (Wildman–Crippen LogP) is -0.0689. The van der Waals surface area contributed by atoms with Gasteiger partial charge >= 0.3 is 11.6 Å². The predicted molar refractivity (Wildman–Crippen MR) is 53.9 cm³/mol. The van der Waals surface area contributed by atoms with Crippen LogP contribution in [0.1, 0.15) is 17.3 Å². The molecule has 0 radical (unpaired) electrons. The van der Waals surface area contributed by atoms with E-state index in [1.54, 1.807) is 0 Å². The Balaban J connectivity index is 2.69. The average molecular weight is 225 g/mol. The summed E-state index contributed by atoms with van der Waals surface area (Å²) in [5.74, 6) is -1.06. The molecule has 0 saturated carbocycles. The molecule has 1 aromatic rings. The number of methoxy groups -OCH3 is 1. The molecule has 0 aromatic carbocycles. The molecular formula is C10H11NO5. The van der Waals surface area contributed by atoms with E-state index >= 15 is 0 Å². The Morgan fingerprint density at radius 2 is 2.12 bits per heavy atom. The molecule has 1 atom stereocenters. The van der Waals surface area contributed by atoms with Crippen molar-refractivity contribution in [2.75, 3.05) is 7.11 Å². The van der Waals surface area contributed by atoms with E-state index in [0.717, 1.165) is 12.3 Å². The zero-order valence-corrected chi connectivity index (χ0v) is 8.85. The lowest BCUT2D eigenvalue weighted by Gasteiger charge is -2.10. The minimum absolute atomic E-state index is 0.162.